The Labute approximate surface area is 281 Å². The van der Waals surface area contributed by atoms with Gasteiger partial charge >= 0.3 is 5.97 Å². The van der Waals surface area contributed by atoms with E-state index in [1.807, 2.05) is 48.5 Å². The summed E-state index contributed by atoms with van der Waals surface area (Å²) in [6.45, 7) is 0. The van der Waals surface area contributed by atoms with E-state index in [0.29, 0.717) is 5.56 Å². The number of hydrogen-bond donors (Lipinski definition) is 8. The summed E-state index contributed by atoms with van der Waals surface area (Å²) in [4.78, 5) is 71.0. The highest BCUT2D eigenvalue weighted by atomic mass is 16.4. The number of hydrogen-bond acceptors (Lipinski definition) is 6. The number of amides is 4. The van der Waals surface area contributed by atoms with Gasteiger partial charge in [0.2, 0.25) is 23.6 Å². The number of para-hydroxylation sites is 2. The summed E-state index contributed by atoms with van der Waals surface area (Å²) in [5, 5.41) is 19.5. The quantitative estimate of drug-likeness (QED) is 0.0779. The van der Waals surface area contributed by atoms with Crippen molar-refractivity contribution in [1.29, 1.82) is 0 Å². The number of carboxylic acid groups (broad SMARTS) is 1. The normalized spacial score (nSPS) is 13.7. The van der Waals surface area contributed by atoms with Crippen molar-refractivity contribution in [2.75, 3.05) is 0 Å². The lowest BCUT2D eigenvalue weighted by Crippen LogP contribution is -2.58. The monoisotopic (exact) mass is 665 g/mol. The summed E-state index contributed by atoms with van der Waals surface area (Å²) < 4.78 is 0. The van der Waals surface area contributed by atoms with E-state index in [2.05, 4.69) is 25.9 Å². The molecule has 5 aromatic rings. The first kappa shape index (κ1) is 34.4. The number of carbonyl (C=O) groups excluding carboxylic acids is 4. The summed E-state index contributed by atoms with van der Waals surface area (Å²) in [7, 11) is 0. The van der Waals surface area contributed by atoms with Crippen molar-refractivity contribution in [3.8, 4) is 0 Å². The topological polar surface area (TPSA) is 225 Å². The minimum absolute atomic E-state index is 0.00797. The van der Waals surface area contributed by atoms with Gasteiger partial charge in [0.05, 0.1) is 6.04 Å². The zero-order valence-corrected chi connectivity index (χ0v) is 26.6. The van der Waals surface area contributed by atoms with Gasteiger partial charge in [0.1, 0.15) is 18.1 Å². The largest absolute Gasteiger partial charge is 0.480 e. The van der Waals surface area contributed by atoms with Crippen molar-refractivity contribution < 1.29 is 29.1 Å². The van der Waals surface area contributed by atoms with Crippen molar-refractivity contribution >= 4 is 51.4 Å². The Morgan fingerprint density at radius 1 is 0.633 bits per heavy atom. The summed E-state index contributed by atoms with van der Waals surface area (Å²) in [5.74, 6) is -4.11. The Balaban J connectivity index is 1.35. The molecule has 13 heteroatoms. The fraction of sp³-hybridized carbons (Fsp3) is 0.250. The zero-order valence-electron chi connectivity index (χ0n) is 26.6. The van der Waals surface area contributed by atoms with Gasteiger partial charge in [-0.1, -0.05) is 66.7 Å². The van der Waals surface area contributed by atoms with Gasteiger partial charge in [-0.25, -0.2) is 4.79 Å². The first-order chi connectivity index (χ1) is 23.6. The molecule has 2 heterocycles. The number of benzene rings is 3. The molecule has 2 aromatic heterocycles. The van der Waals surface area contributed by atoms with Crippen LogP contribution in [0.4, 0.5) is 0 Å². The predicted octanol–water partition coefficient (Wildman–Crippen LogP) is 1.81. The molecule has 4 atom stereocenters. The summed E-state index contributed by atoms with van der Waals surface area (Å²) in [5.41, 5.74) is 15.7. The van der Waals surface area contributed by atoms with Gasteiger partial charge in [-0.05, 0) is 41.7 Å². The third-order valence-corrected chi connectivity index (χ3v) is 8.39. The molecule has 0 aliphatic carbocycles. The van der Waals surface area contributed by atoms with Crippen LogP contribution in [0.3, 0.4) is 0 Å². The van der Waals surface area contributed by atoms with Crippen LogP contribution >= 0.6 is 0 Å². The average Bonchev–Trinajstić information content (AvgIpc) is 3.70. The maximum Gasteiger partial charge on any atom is 0.326 e. The Morgan fingerprint density at radius 3 is 1.73 bits per heavy atom. The van der Waals surface area contributed by atoms with Crippen LogP contribution in [0.15, 0.2) is 91.3 Å². The van der Waals surface area contributed by atoms with E-state index >= 15 is 0 Å². The number of H-pyrrole nitrogens is 2. The lowest BCUT2D eigenvalue weighted by Gasteiger charge is -2.25. The van der Waals surface area contributed by atoms with Gasteiger partial charge in [-0.2, -0.15) is 0 Å². The van der Waals surface area contributed by atoms with Gasteiger partial charge in [-0.3, -0.25) is 19.2 Å². The highest BCUT2D eigenvalue weighted by Gasteiger charge is 2.31. The number of aromatic amines is 2. The lowest BCUT2D eigenvalue weighted by atomic mass is 10.0. The molecule has 3 aromatic carbocycles. The van der Waals surface area contributed by atoms with Crippen LogP contribution < -0.4 is 27.4 Å². The molecule has 4 unspecified atom stereocenters. The van der Waals surface area contributed by atoms with Crippen LogP contribution in [0.25, 0.3) is 21.8 Å². The lowest BCUT2D eigenvalue weighted by molar-refractivity contribution is -0.142. The van der Waals surface area contributed by atoms with Crippen LogP contribution in [0.1, 0.15) is 29.5 Å². The molecule has 254 valence electrons. The van der Waals surface area contributed by atoms with Crippen LogP contribution in [-0.2, 0) is 43.2 Å². The van der Waals surface area contributed by atoms with Gasteiger partial charge in [0, 0.05) is 53.5 Å². The molecule has 0 spiro atoms. The third kappa shape index (κ3) is 8.90. The first-order valence-electron chi connectivity index (χ1n) is 15.9. The summed E-state index contributed by atoms with van der Waals surface area (Å²) in [6, 6.07) is 19.0. The number of aliphatic carboxylic acids is 1. The molecule has 4 amide bonds. The molecule has 0 bridgehead atoms. The summed E-state index contributed by atoms with van der Waals surface area (Å²) >= 11 is 0. The Hall–Kier alpha value is -5.95. The zero-order chi connectivity index (χ0) is 34.9. The number of aromatic nitrogens is 2. The molecule has 0 fully saturated rings. The Morgan fingerprint density at radius 2 is 1.14 bits per heavy atom. The summed E-state index contributed by atoms with van der Waals surface area (Å²) in [6.07, 6.45) is 3.30. The molecular formula is C36H39N7O6. The number of rotatable bonds is 16. The predicted molar refractivity (Wildman–Crippen MR) is 184 cm³/mol. The van der Waals surface area contributed by atoms with Crippen molar-refractivity contribution in [1.82, 2.24) is 25.9 Å². The molecule has 10 N–H and O–H groups in total. The van der Waals surface area contributed by atoms with Crippen LogP contribution in [-0.4, -0.2) is 68.8 Å². The van der Waals surface area contributed by atoms with Crippen LogP contribution in [0.5, 0.6) is 0 Å². The second kappa shape index (κ2) is 15.8. The van der Waals surface area contributed by atoms with Crippen molar-refractivity contribution in [2.24, 2.45) is 11.5 Å². The van der Waals surface area contributed by atoms with E-state index in [0.717, 1.165) is 32.9 Å². The highest BCUT2D eigenvalue weighted by Crippen LogP contribution is 2.21. The number of carboxylic acids is 1. The highest BCUT2D eigenvalue weighted by molar-refractivity contribution is 5.95. The molecule has 5 rings (SSSR count). The van der Waals surface area contributed by atoms with E-state index < -0.39 is 53.8 Å². The fourth-order valence-corrected chi connectivity index (χ4v) is 5.79. The van der Waals surface area contributed by atoms with E-state index in [9.17, 15) is 29.1 Å². The average molecular weight is 666 g/mol. The van der Waals surface area contributed by atoms with Crippen molar-refractivity contribution in [2.45, 2.75) is 56.3 Å². The molecule has 13 nitrogen and oxygen atoms in total. The molecule has 49 heavy (non-hydrogen) atoms. The number of primary amides is 1. The minimum atomic E-state index is -1.33. The van der Waals surface area contributed by atoms with Crippen molar-refractivity contribution in [3.05, 3.63) is 108 Å². The Kier molecular flexibility index (Phi) is 11.1. The van der Waals surface area contributed by atoms with Gasteiger partial charge < -0.3 is 42.5 Å². The molecule has 0 saturated heterocycles. The third-order valence-electron chi connectivity index (χ3n) is 8.39. The fourth-order valence-electron chi connectivity index (χ4n) is 5.79. The van der Waals surface area contributed by atoms with Gasteiger partial charge in [0.15, 0.2) is 0 Å². The van der Waals surface area contributed by atoms with E-state index in [4.69, 9.17) is 11.5 Å². The van der Waals surface area contributed by atoms with Gasteiger partial charge in [0.25, 0.3) is 0 Å². The SMILES string of the molecule is NC(=O)CCC(NC(=O)C(Cc1c[nH]c2ccccc12)NC(=O)C(N)Cc1c[nH]c2ccccc12)C(=O)NC(Cc1ccccc1)C(=O)O. The Bertz CT molecular complexity index is 1950. The maximum atomic E-state index is 13.9. The number of carbonyl (C=O) groups is 5. The van der Waals surface area contributed by atoms with E-state index in [-0.39, 0.29) is 32.1 Å². The molecule has 0 aliphatic heterocycles. The number of nitrogens with two attached hydrogens (primary N) is 2. The van der Waals surface area contributed by atoms with E-state index in [1.165, 1.54) is 0 Å². The van der Waals surface area contributed by atoms with Crippen molar-refractivity contribution in [3.63, 3.8) is 0 Å². The van der Waals surface area contributed by atoms with E-state index in [1.54, 1.807) is 42.7 Å². The molecule has 0 radical (unpaired) electrons. The standard InChI is InChI=1S/C36H39N7O6/c37-26(17-22-19-39-27-12-6-4-10-24(22)27)33(45)42-30(18-23-20-40-28-13-7-5-11-25(23)28)35(47)41-29(14-15-32(38)44)34(46)43-31(36(48)49)16-21-8-2-1-3-9-21/h1-13,19-20,26,29-31,39-40H,14-18,37H2,(H2,38,44)(H,41,47)(H,42,45)(H,43,46)(H,48,49). The number of nitrogens with one attached hydrogen (secondary N) is 5. The maximum absolute atomic E-state index is 13.9. The molecular weight excluding hydrogens is 626 g/mol. The molecule has 0 saturated carbocycles. The smallest absolute Gasteiger partial charge is 0.326 e. The second-order valence-corrected chi connectivity index (χ2v) is 12.0. The first-order valence-corrected chi connectivity index (χ1v) is 15.9. The second-order valence-electron chi connectivity index (χ2n) is 12.0. The van der Waals surface area contributed by atoms with Crippen LogP contribution in [0.2, 0.25) is 0 Å². The van der Waals surface area contributed by atoms with Gasteiger partial charge in [-0.15, -0.1) is 0 Å². The van der Waals surface area contributed by atoms with Crippen LogP contribution in [0, 0.1) is 0 Å². The minimum Gasteiger partial charge on any atom is -0.480 e. The number of fused-ring (bicyclic) bond motifs is 2. The molecule has 0 aliphatic rings.